The van der Waals surface area contributed by atoms with Crippen LogP contribution in [0.1, 0.15) is 30.6 Å². The van der Waals surface area contributed by atoms with E-state index in [1.165, 1.54) is 6.07 Å². The first-order valence-corrected chi connectivity index (χ1v) is 7.24. The van der Waals surface area contributed by atoms with Gasteiger partial charge in [-0.1, -0.05) is 6.92 Å². The van der Waals surface area contributed by atoms with Gasteiger partial charge in [-0.3, -0.25) is 9.69 Å². The molecule has 0 bridgehead atoms. The molecule has 0 amide bonds. The van der Waals surface area contributed by atoms with Crippen LogP contribution in [0.4, 0.5) is 8.78 Å². The number of Topliss-reactive ketones (excluding diaryl/α,β-unsaturated/α-hetero) is 1. The summed E-state index contributed by atoms with van der Waals surface area (Å²) < 4.78 is 26.2. The summed E-state index contributed by atoms with van der Waals surface area (Å²) in [5, 5.41) is 0. The lowest BCUT2D eigenvalue weighted by Gasteiger charge is -2.27. The van der Waals surface area contributed by atoms with Gasteiger partial charge in [-0.05, 0) is 58.7 Å². The van der Waals surface area contributed by atoms with Crippen molar-refractivity contribution in [3.05, 3.63) is 35.4 Å². The van der Waals surface area contributed by atoms with Crippen molar-refractivity contribution in [2.24, 2.45) is 0 Å². The average molecular weight is 298 g/mol. The first kappa shape index (κ1) is 17.7. The Morgan fingerprint density at radius 1 is 1.19 bits per heavy atom. The van der Waals surface area contributed by atoms with Crippen molar-refractivity contribution in [3.63, 3.8) is 0 Å². The quantitative estimate of drug-likeness (QED) is 0.690. The minimum Gasteiger partial charge on any atom is -0.309 e. The van der Waals surface area contributed by atoms with Gasteiger partial charge < -0.3 is 4.90 Å². The van der Waals surface area contributed by atoms with Gasteiger partial charge in [0, 0.05) is 12.1 Å². The molecular weight excluding hydrogens is 274 g/mol. The predicted molar refractivity (Wildman–Crippen MR) is 80.6 cm³/mol. The lowest BCUT2D eigenvalue weighted by Crippen LogP contribution is -2.40. The van der Waals surface area contributed by atoms with E-state index in [1.54, 1.807) is 0 Å². The molecule has 0 N–H and O–H groups in total. The van der Waals surface area contributed by atoms with E-state index in [0.717, 1.165) is 38.2 Å². The summed E-state index contributed by atoms with van der Waals surface area (Å²) in [7, 11) is 4.01. The van der Waals surface area contributed by atoms with Gasteiger partial charge in [0.2, 0.25) is 0 Å². The first-order chi connectivity index (χ1) is 9.86. The number of hydrogen-bond acceptors (Lipinski definition) is 3. The minimum absolute atomic E-state index is 0.180. The highest BCUT2D eigenvalue weighted by atomic mass is 19.2. The number of rotatable bonds is 8. The maximum absolute atomic E-state index is 13.2. The highest BCUT2D eigenvalue weighted by molar-refractivity contribution is 5.99. The summed E-state index contributed by atoms with van der Waals surface area (Å²) in [5.41, 5.74) is 0.215. The third-order valence-corrected chi connectivity index (χ3v) is 3.59. The van der Waals surface area contributed by atoms with Crippen LogP contribution in [0.15, 0.2) is 18.2 Å². The lowest BCUT2D eigenvalue weighted by atomic mass is 10.0. The van der Waals surface area contributed by atoms with Crippen molar-refractivity contribution in [3.8, 4) is 0 Å². The maximum atomic E-state index is 13.2. The largest absolute Gasteiger partial charge is 0.309 e. The van der Waals surface area contributed by atoms with Crippen LogP contribution in [-0.4, -0.2) is 55.4 Å². The molecule has 3 nitrogen and oxygen atoms in total. The zero-order chi connectivity index (χ0) is 16.0. The Morgan fingerprint density at radius 3 is 2.38 bits per heavy atom. The molecule has 0 aliphatic carbocycles. The van der Waals surface area contributed by atoms with Crippen molar-refractivity contribution in [1.29, 1.82) is 0 Å². The van der Waals surface area contributed by atoms with E-state index in [4.69, 9.17) is 0 Å². The molecule has 5 heteroatoms. The fourth-order valence-electron chi connectivity index (χ4n) is 2.27. The number of carbonyl (C=O) groups is 1. The second-order valence-electron chi connectivity index (χ2n) is 5.45. The molecule has 0 aliphatic heterocycles. The summed E-state index contributed by atoms with van der Waals surface area (Å²) in [6.07, 6.45) is 0.955. The van der Waals surface area contributed by atoms with Crippen molar-refractivity contribution < 1.29 is 13.6 Å². The molecule has 0 radical (unpaired) electrons. The maximum Gasteiger partial charge on any atom is 0.179 e. The molecule has 1 rings (SSSR count). The Kier molecular flexibility index (Phi) is 6.92. The number of likely N-dealkylation sites (N-methyl/N-ethyl adjacent to an activating group) is 1. The number of hydrogen-bond donors (Lipinski definition) is 0. The minimum atomic E-state index is -0.983. The molecule has 0 saturated carbocycles. The van der Waals surface area contributed by atoms with Crippen LogP contribution in [0, 0.1) is 11.6 Å². The highest BCUT2D eigenvalue weighted by Gasteiger charge is 2.22. The van der Waals surface area contributed by atoms with Gasteiger partial charge in [-0.2, -0.15) is 0 Å². The van der Waals surface area contributed by atoms with E-state index >= 15 is 0 Å². The molecule has 1 aromatic carbocycles. The molecule has 0 fully saturated rings. The Balaban J connectivity index is 2.71. The Labute approximate surface area is 125 Å². The average Bonchev–Trinajstić information content (AvgIpc) is 2.44. The SMILES string of the molecule is CCN(CCCN(C)C)C(C)C(=O)c1ccc(F)c(F)c1. The Bertz CT molecular complexity index is 477. The van der Waals surface area contributed by atoms with Crippen molar-refractivity contribution in [2.75, 3.05) is 33.7 Å². The second kappa shape index (κ2) is 8.20. The van der Waals surface area contributed by atoms with Gasteiger partial charge in [-0.15, -0.1) is 0 Å². The smallest absolute Gasteiger partial charge is 0.179 e. The normalized spacial score (nSPS) is 13.0. The van der Waals surface area contributed by atoms with Gasteiger partial charge in [-0.25, -0.2) is 8.78 Å². The third-order valence-electron chi connectivity index (χ3n) is 3.59. The van der Waals surface area contributed by atoms with Gasteiger partial charge in [0.15, 0.2) is 17.4 Å². The van der Waals surface area contributed by atoms with Crippen LogP contribution in [0.5, 0.6) is 0 Å². The van der Waals surface area contributed by atoms with Crippen LogP contribution in [0.3, 0.4) is 0 Å². The fourth-order valence-corrected chi connectivity index (χ4v) is 2.27. The van der Waals surface area contributed by atoms with Crippen LogP contribution in [0.2, 0.25) is 0 Å². The summed E-state index contributed by atoms with van der Waals surface area (Å²) >= 11 is 0. The third kappa shape index (κ3) is 5.17. The molecule has 0 aliphatic rings. The number of benzene rings is 1. The van der Waals surface area contributed by atoms with Gasteiger partial charge in [0.05, 0.1) is 6.04 Å². The molecular formula is C16H24F2N2O. The van der Waals surface area contributed by atoms with E-state index in [0.29, 0.717) is 0 Å². The van der Waals surface area contributed by atoms with Crippen molar-refractivity contribution in [1.82, 2.24) is 9.80 Å². The molecule has 1 atom stereocenters. The van der Waals surface area contributed by atoms with Gasteiger partial charge in [0.1, 0.15) is 0 Å². The molecule has 0 heterocycles. The Hall–Kier alpha value is -1.33. The van der Waals surface area contributed by atoms with Gasteiger partial charge >= 0.3 is 0 Å². The number of nitrogens with zero attached hydrogens (tertiary/aromatic N) is 2. The number of ketones is 1. The molecule has 1 aromatic rings. The van der Waals surface area contributed by atoms with E-state index < -0.39 is 11.6 Å². The monoisotopic (exact) mass is 298 g/mol. The van der Waals surface area contributed by atoms with Gasteiger partial charge in [0.25, 0.3) is 0 Å². The van der Waals surface area contributed by atoms with Crippen LogP contribution < -0.4 is 0 Å². The first-order valence-electron chi connectivity index (χ1n) is 7.24. The zero-order valence-electron chi connectivity index (χ0n) is 13.2. The van der Waals surface area contributed by atoms with Crippen LogP contribution >= 0.6 is 0 Å². The second-order valence-corrected chi connectivity index (χ2v) is 5.45. The summed E-state index contributed by atoms with van der Waals surface area (Å²) in [4.78, 5) is 16.5. The Morgan fingerprint density at radius 2 is 1.86 bits per heavy atom. The molecule has 1 unspecified atom stereocenters. The highest BCUT2D eigenvalue weighted by Crippen LogP contribution is 2.13. The summed E-state index contributed by atoms with van der Waals surface area (Å²) in [5.74, 6) is -2.10. The molecule has 0 saturated heterocycles. The lowest BCUT2D eigenvalue weighted by molar-refractivity contribution is 0.0840. The summed E-state index contributed by atoms with van der Waals surface area (Å²) in [6.45, 7) is 6.28. The van der Waals surface area contributed by atoms with Crippen LogP contribution in [0.25, 0.3) is 0 Å². The van der Waals surface area contributed by atoms with Crippen LogP contribution in [-0.2, 0) is 0 Å². The zero-order valence-corrected chi connectivity index (χ0v) is 13.2. The van der Waals surface area contributed by atoms with E-state index in [9.17, 15) is 13.6 Å². The topological polar surface area (TPSA) is 23.6 Å². The number of halogens is 2. The fraction of sp³-hybridized carbons (Fsp3) is 0.562. The van der Waals surface area contributed by atoms with E-state index in [-0.39, 0.29) is 17.4 Å². The molecule has 0 aromatic heterocycles. The van der Waals surface area contributed by atoms with Crippen molar-refractivity contribution >= 4 is 5.78 Å². The number of carbonyl (C=O) groups excluding carboxylic acids is 1. The predicted octanol–water partition coefficient (Wildman–Crippen LogP) is 2.81. The van der Waals surface area contributed by atoms with Crippen molar-refractivity contribution in [2.45, 2.75) is 26.3 Å². The summed E-state index contributed by atoms with van der Waals surface area (Å²) in [6, 6.07) is 2.96. The standard InChI is InChI=1S/C16H24F2N2O/c1-5-20(10-6-9-19(3)4)12(2)16(21)13-7-8-14(17)15(18)11-13/h7-8,11-12H,5-6,9-10H2,1-4H3. The molecule has 0 spiro atoms. The van der Waals surface area contributed by atoms with E-state index in [2.05, 4.69) is 4.90 Å². The molecule has 21 heavy (non-hydrogen) atoms. The molecule has 118 valence electrons. The van der Waals surface area contributed by atoms with E-state index in [1.807, 2.05) is 32.8 Å².